The van der Waals surface area contributed by atoms with E-state index in [1.54, 1.807) is 31.7 Å². The standard InChI is InChI=1S/C17H26N6O2/c1-6-22(7-2)10-13-8-18-15-14(9-19-23(15)11-13)16(24)20-12(3)17(25)21(4)5/h8-9,11-12H,6-7,10H2,1-5H3,(H,20,24)/t12-/m1/s1. The SMILES string of the molecule is CCN(CC)Cc1cnc2c(C(=O)N[C@H](C)C(=O)N(C)C)cnn2c1. The average molecular weight is 346 g/mol. The van der Waals surface area contributed by atoms with Crippen LogP contribution in [0.25, 0.3) is 5.65 Å². The van der Waals surface area contributed by atoms with E-state index in [-0.39, 0.29) is 11.8 Å². The minimum Gasteiger partial charge on any atom is -0.347 e. The van der Waals surface area contributed by atoms with Crippen molar-refractivity contribution in [2.45, 2.75) is 33.4 Å². The van der Waals surface area contributed by atoms with Gasteiger partial charge in [-0.1, -0.05) is 13.8 Å². The van der Waals surface area contributed by atoms with Crippen molar-refractivity contribution in [3.05, 3.63) is 29.7 Å². The number of fused-ring (bicyclic) bond motifs is 1. The molecule has 25 heavy (non-hydrogen) atoms. The second-order valence-electron chi connectivity index (χ2n) is 6.18. The molecule has 2 aromatic rings. The lowest BCUT2D eigenvalue weighted by Gasteiger charge is -2.18. The molecule has 0 aliphatic heterocycles. The first kappa shape index (κ1) is 18.9. The molecule has 0 unspecified atom stereocenters. The third-order valence-corrected chi connectivity index (χ3v) is 4.11. The monoisotopic (exact) mass is 346 g/mol. The maximum atomic E-state index is 12.4. The Kier molecular flexibility index (Phi) is 6.08. The third kappa shape index (κ3) is 4.33. The van der Waals surface area contributed by atoms with Gasteiger partial charge in [-0.2, -0.15) is 5.10 Å². The molecule has 2 amide bonds. The van der Waals surface area contributed by atoms with E-state index in [0.717, 1.165) is 25.2 Å². The molecule has 2 aromatic heterocycles. The zero-order valence-corrected chi connectivity index (χ0v) is 15.5. The van der Waals surface area contributed by atoms with Gasteiger partial charge in [0.25, 0.3) is 5.91 Å². The van der Waals surface area contributed by atoms with Crippen molar-refractivity contribution in [1.82, 2.24) is 29.7 Å². The first-order valence-electron chi connectivity index (χ1n) is 8.44. The van der Waals surface area contributed by atoms with E-state index in [9.17, 15) is 9.59 Å². The van der Waals surface area contributed by atoms with Gasteiger partial charge >= 0.3 is 0 Å². The quantitative estimate of drug-likeness (QED) is 0.801. The first-order chi connectivity index (χ1) is 11.9. The van der Waals surface area contributed by atoms with Crippen LogP contribution in [0, 0.1) is 0 Å². The van der Waals surface area contributed by atoms with Gasteiger partial charge in [-0.3, -0.25) is 14.5 Å². The van der Waals surface area contributed by atoms with Crippen LogP contribution < -0.4 is 5.32 Å². The molecule has 0 spiro atoms. The van der Waals surface area contributed by atoms with Gasteiger partial charge in [0, 0.05) is 38.6 Å². The van der Waals surface area contributed by atoms with Crippen LogP contribution in [0.15, 0.2) is 18.6 Å². The van der Waals surface area contributed by atoms with Gasteiger partial charge in [0.2, 0.25) is 5.91 Å². The largest absolute Gasteiger partial charge is 0.347 e. The van der Waals surface area contributed by atoms with E-state index in [1.165, 1.54) is 11.1 Å². The van der Waals surface area contributed by atoms with Gasteiger partial charge in [0.1, 0.15) is 11.6 Å². The summed E-state index contributed by atoms with van der Waals surface area (Å²) in [7, 11) is 3.30. The first-order valence-corrected chi connectivity index (χ1v) is 8.44. The summed E-state index contributed by atoms with van der Waals surface area (Å²) in [6.45, 7) is 8.58. The molecule has 0 saturated carbocycles. The highest BCUT2D eigenvalue weighted by molar-refractivity contribution is 6.01. The summed E-state index contributed by atoms with van der Waals surface area (Å²) in [6.07, 6.45) is 5.12. The Balaban J connectivity index is 2.17. The number of likely N-dealkylation sites (N-methyl/N-ethyl adjacent to an activating group) is 1. The van der Waals surface area contributed by atoms with E-state index in [0.29, 0.717) is 11.2 Å². The summed E-state index contributed by atoms with van der Waals surface area (Å²) in [5.41, 5.74) is 1.86. The molecule has 2 rings (SSSR count). The smallest absolute Gasteiger partial charge is 0.257 e. The number of hydrogen-bond donors (Lipinski definition) is 1. The predicted molar refractivity (Wildman–Crippen MR) is 95.2 cm³/mol. The van der Waals surface area contributed by atoms with Crippen molar-refractivity contribution in [2.75, 3.05) is 27.2 Å². The Labute approximate surface area is 147 Å². The Hall–Kier alpha value is -2.48. The molecule has 8 nitrogen and oxygen atoms in total. The number of aromatic nitrogens is 3. The second kappa shape index (κ2) is 8.06. The molecule has 0 aromatic carbocycles. The van der Waals surface area contributed by atoms with E-state index in [4.69, 9.17) is 0 Å². The highest BCUT2D eigenvalue weighted by Crippen LogP contribution is 2.11. The Morgan fingerprint density at radius 3 is 2.52 bits per heavy atom. The number of carbonyl (C=O) groups is 2. The number of rotatable bonds is 7. The lowest BCUT2D eigenvalue weighted by atomic mass is 10.2. The summed E-state index contributed by atoms with van der Waals surface area (Å²) in [6, 6.07) is -0.612. The van der Waals surface area contributed by atoms with Crippen molar-refractivity contribution >= 4 is 17.5 Å². The molecule has 1 N–H and O–H groups in total. The lowest BCUT2D eigenvalue weighted by Crippen LogP contribution is -2.44. The van der Waals surface area contributed by atoms with E-state index < -0.39 is 6.04 Å². The summed E-state index contributed by atoms with van der Waals surface area (Å²) in [4.78, 5) is 32.4. The molecule has 2 heterocycles. The minimum atomic E-state index is -0.612. The molecule has 0 radical (unpaired) electrons. The van der Waals surface area contributed by atoms with Gasteiger partial charge in [-0.25, -0.2) is 9.50 Å². The van der Waals surface area contributed by atoms with E-state index >= 15 is 0 Å². The zero-order valence-electron chi connectivity index (χ0n) is 15.5. The van der Waals surface area contributed by atoms with Crippen LogP contribution in [0.2, 0.25) is 0 Å². The number of hydrogen-bond acceptors (Lipinski definition) is 5. The van der Waals surface area contributed by atoms with E-state index in [2.05, 4.69) is 34.1 Å². The third-order valence-electron chi connectivity index (χ3n) is 4.11. The van der Waals surface area contributed by atoms with Gasteiger partial charge in [-0.05, 0) is 20.0 Å². The maximum absolute atomic E-state index is 12.4. The molecule has 0 aliphatic rings. The number of carbonyl (C=O) groups excluding carboxylic acids is 2. The molecular weight excluding hydrogens is 320 g/mol. The number of amides is 2. The fraction of sp³-hybridized carbons (Fsp3) is 0.529. The Morgan fingerprint density at radius 1 is 1.24 bits per heavy atom. The number of nitrogens with zero attached hydrogens (tertiary/aromatic N) is 5. The summed E-state index contributed by atoms with van der Waals surface area (Å²) >= 11 is 0. The molecule has 8 heteroatoms. The lowest BCUT2D eigenvalue weighted by molar-refractivity contribution is -0.130. The summed E-state index contributed by atoms with van der Waals surface area (Å²) < 4.78 is 1.60. The van der Waals surface area contributed by atoms with Gasteiger partial charge < -0.3 is 10.2 Å². The van der Waals surface area contributed by atoms with Crippen molar-refractivity contribution in [1.29, 1.82) is 0 Å². The van der Waals surface area contributed by atoms with Crippen LogP contribution in [-0.2, 0) is 11.3 Å². The van der Waals surface area contributed by atoms with Crippen LogP contribution in [0.4, 0.5) is 0 Å². The normalized spacial score (nSPS) is 12.4. The topological polar surface area (TPSA) is 82.8 Å². The molecule has 136 valence electrons. The average Bonchev–Trinajstić information content (AvgIpc) is 3.01. The van der Waals surface area contributed by atoms with Crippen molar-refractivity contribution in [3.63, 3.8) is 0 Å². The fourth-order valence-electron chi connectivity index (χ4n) is 2.58. The van der Waals surface area contributed by atoms with Crippen LogP contribution in [0.5, 0.6) is 0 Å². The Bertz CT molecular complexity index is 751. The summed E-state index contributed by atoms with van der Waals surface area (Å²) in [5, 5.41) is 6.91. The van der Waals surface area contributed by atoms with Crippen LogP contribution in [0.1, 0.15) is 36.7 Å². The van der Waals surface area contributed by atoms with Crippen molar-refractivity contribution in [2.24, 2.45) is 0 Å². The van der Waals surface area contributed by atoms with Crippen LogP contribution >= 0.6 is 0 Å². The fourth-order valence-corrected chi connectivity index (χ4v) is 2.58. The number of nitrogens with one attached hydrogen (secondary N) is 1. The maximum Gasteiger partial charge on any atom is 0.257 e. The second-order valence-corrected chi connectivity index (χ2v) is 6.18. The highest BCUT2D eigenvalue weighted by atomic mass is 16.2. The van der Waals surface area contributed by atoms with Crippen LogP contribution in [-0.4, -0.2) is 69.4 Å². The Morgan fingerprint density at radius 2 is 1.92 bits per heavy atom. The molecule has 0 bridgehead atoms. The molecular formula is C17H26N6O2. The zero-order chi connectivity index (χ0) is 18.6. The molecule has 0 aliphatic carbocycles. The predicted octanol–water partition coefficient (Wildman–Crippen LogP) is 0.778. The van der Waals surface area contributed by atoms with Gasteiger partial charge in [0.15, 0.2) is 5.65 Å². The van der Waals surface area contributed by atoms with Crippen LogP contribution in [0.3, 0.4) is 0 Å². The van der Waals surface area contributed by atoms with E-state index in [1.807, 2.05) is 6.20 Å². The minimum absolute atomic E-state index is 0.167. The molecule has 0 fully saturated rings. The molecule has 1 atom stereocenters. The molecule has 0 saturated heterocycles. The highest BCUT2D eigenvalue weighted by Gasteiger charge is 2.21. The summed E-state index contributed by atoms with van der Waals surface area (Å²) in [5.74, 6) is -0.527. The van der Waals surface area contributed by atoms with Crippen molar-refractivity contribution in [3.8, 4) is 0 Å². The van der Waals surface area contributed by atoms with Gasteiger partial charge in [-0.15, -0.1) is 0 Å². The van der Waals surface area contributed by atoms with Crippen molar-refractivity contribution < 1.29 is 9.59 Å². The van der Waals surface area contributed by atoms with Gasteiger partial charge in [0.05, 0.1) is 6.20 Å².